The van der Waals surface area contributed by atoms with E-state index in [1.165, 1.54) is 28.8 Å². The molecule has 0 atom stereocenters. The first-order valence-corrected chi connectivity index (χ1v) is 9.38. The first kappa shape index (κ1) is 18.3. The van der Waals surface area contributed by atoms with Crippen LogP contribution in [-0.2, 0) is 19.6 Å². The Bertz CT molecular complexity index is 1060. The molecule has 0 fully saturated rings. The molecule has 140 valence electrons. The lowest BCUT2D eigenvalue weighted by atomic mass is 10.1. The second kappa shape index (κ2) is 8.28. The van der Waals surface area contributed by atoms with E-state index < -0.39 is 0 Å². The lowest BCUT2D eigenvalue weighted by Gasteiger charge is -2.22. The molecule has 0 saturated carbocycles. The van der Waals surface area contributed by atoms with Crippen molar-refractivity contribution in [3.05, 3.63) is 107 Å². The molecule has 2 aromatic heterocycles. The Labute approximate surface area is 164 Å². The van der Waals surface area contributed by atoms with E-state index >= 15 is 0 Å². The lowest BCUT2D eigenvalue weighted by Crippen LogP contribution is -2.23. The van der Waals surface area contributed by atoms with Gasteiger partial charge in [0.1, 0.15) is 5.82 Å². The fourth-order valence-corrected chi connectivity index (χ4v) is 3.32. The Balaban J connectivity index is 1.58. The smallest absolute Gasteiger partial charge is 0.123 e. The number of hydrogen-bond acceptors (Lipinski definition) is 3. The SMILES string of the molecule is Cc1ccc(CN(Cc2ccncc2)Cc2ccc3cc(F)ccc3n2)cc1. The molecular formula is C24H22FN3. The van der Waals surface area contributed by atoms with E-state index in [0.29, 0.717) is 6.54 Å². The maximum atomic E-state index is 13.4. The highest BCUT2D eigenvalue weighted by Crippen LogP contribution is 2.18. The molecule has 4 heteroatoms. The zero-order valence-corrected chi connectivity index (χ0v) is 15.8. The highest BCUT2D eigenvalue weighted by molar-refractivity contribution is 5.78. The number of aryl methyl sites for hydroxylation is 1. The summed E-state index contributed by atoms with van der Waals surface area (Å²) in [6, 6.07) is 21.3. The molecule has 0 aliphatic rings. The van der Waals surface area contributed by atoms with Crippen molar-refractivity contribution >= 4 is 10.9 Å². The number of rotatable bonds is 6. The largest absolute Gasteiger partial charge is 0.289 e. The van der Waals surface area contributed by atoms with Gasteiger partial charge in [0.15, 0.2) is 0 Å². The number of halogens is 1. The minimum atomic E-state index is -0.235. The van der Waals surface area contributed by atoms with E-state index in [2.05, 4.69) is 41.1 Å². The number of nitrogens with zero attached hydrogens (tertiary/aromatic N) is 3. The molecule has 0 N–H and O–H groups in total. The van der Waals surface area contributed by atoms with Crippen LogP contribution in [0.5, 0.6) is 0 Å². The Hall–Kier alpha value is -3.11. The zero-order valence-electron chi connectivity index (χ0n) is 15.8. The van der Waals surface area contributed by atoms with Gasteiger partial charge >= 0.3 is 0 Å². The van der Waals surface area contributed by atoms with Gasteiger partial charge in [0.25, 0.3) is 0 Å². The number of pyridine rings is 2. The maximum Gasteiger partial charge on any atom is 0.123 e. The summed E-state index contributed by atoms with van der Waals surface area (Å²) < 4.78 is 13.4. The second-order valence-corrected chi connectivity index (χ2v) is 7.13. The summed E-state index contributed by atoms with van der Waals surface area (Å²) in [6.07, 6.45) is 3.64. The van der Waals surface area contributed by atoms with Crippen molar-refractivity contribution < 1.29 is 4.39 Å². The van der Waals surface area contributed by atoms with Crippen LogP contribution < -0.4 is 0 Å². The van der Waals surface area contributed by atoms with Gasteiger partial charge in [0.2, 0.25) is 0 Å². The Kier molecular flexibility index (Phi) is 5.40. The van der Waals surface area contributed by atoms with Crippen LogP contribution in [0.15, 0.2) is 79.1 Å². The summed E-state index contributed by atoms with van der Waals surface area (Å²) in [7, 11) is 0. The summed E-state index contributed by atoms with van der Waals surface area (Å²) in [4.78, 5) is 11.2. The molecule has 0 aliphatic heterocycles. The zero-order chi connectivity index (χ0) is 19.3. The number of benzene rings is 2. The van der Waals surface area contributed by atoms with E-state index in [9.17, 15) is 4.39 Å². The molecule has 3 nitrogen and oxygen atoms in total. The maximum absolute atomic E-state index is 13.4. The summed E-state index contributed by atoms with van der Waals surface area (Å²) >= 11 is 0. The molecule has 28 heavy (non-hydrogen) atoms. The minimum absolute atomic E-state index is 0.235. The number of hydrogen-bond donors (Lipinski definition) is 0. The quantitative estimate of drug-likeness (QED) is 0.462. The van der Waals surface area contributed by atoms with Crippen molar-refractivity contribution in [2.75, 3.05) is 0 Å². The van der Waals surface area contributed by atoms with Crippen LogP contribution in [0.3, 0.4) is 0 Å². The third-order valence-electron chi connectivity index (χ3n) is 4.78. The molecule has 2 heterocycles. The predicted octanol–water partition coefficient (Wildman–Crippen LogP) is 5.28. The summed E-state index contributed by atoms with van der Waals surface area (Å²) in [6.45, 7) is 4.44. The fraction of sp³-hybridized carbons (Fsp3) is 0.167. The molecule has 0 radical (unpaired) electrons. The molecule has 0 bridgehead atoms. The third-order valence-corrected chi connectivity index (χ3v) is 4.78. The van der Waals surface area contributed by atoms with Gasteiger partial charge in [-0.25, -0.2) is 4.39 Å². The minimum Gasteiger partial charge on any atom is -0.289 e. The highest BCUT2D eigenvalue weighted by Gasteiger charge is 2.10. The van der Waals surface area contributed by atoms with E-state index in [4.69, 9.17) is 4.98 Å². The molecular weight excluding hydrogens is 349 g/mol. The molecule has 2 aromatic carbocycles. The average molecular weight is 371 g/mol. The van der Waals surface area contributed by atoms with E-state index in [1.54, 1.807) is 6.07 Å². The van der Waals surface area contributed by atoms with Crippen molar-refractivity contribution in [2.45, 2.75) is 26.6 Å². The van der Waals surface area contributed by atoms with Crippen LogP contribution >= 0.6 is 0 Å². The molecule has 4 aromatic rings. The molecule has 0 unspecified atom stereocenters. The van der Waals surface area contributed by atoms with Crippen LogP contribution in [0.1, 0.15) is 22.4 Å². The molecule has 0 saturated heterocycles. The van der Waals surface area contributed by atoms with Crippen molar-refractivity contribution in [2.24, 2.45) is 0 Å². The van der Waals surface area contributed by atoms with Gasteiger partial charge in [-0.1, -0.05) is 35.9 Å². The first-order valence-electron chi connectivity index (χ1n) is 9.38. The first-order chi connectivity index (χ1) is 13.7. The van der Waals surface area contributed by atoms with Crippen molar-refractivity contribution in [3.63, 3.8) is 0 Å². The van der Waals surface area contributed by atoms with Crippen molar-refractivity contribution in [1.82, 2.24) is 14.9 Å². The predicted molar refractivity (Wildman–Crippen MR) is 110 cm³/mol. The summed E-state index contributed by atoms with van der Waals surface area (Å²) in [5.41, 5.74) is 5.53. The van der Waals surface area contributed by atoms with Crippen LogP contribution in [-0.4, -0.2) is 14.9 Å². The van der Waals surface area contributed by atoms with Gasteiger partial charge in [0, 0.05) is 37.4 Å². The van der Waals surface area contributed by atoms with Gasteiger partial charge < -0.3 is 0 Å². The van der Waals surface area contributed by atoms with Gasteiger partial charge in [-0.3, -0.25) is 14.9 Å². The van der Waals surface area contributed by atoms with Crippen molar-refractivity contribution in [3.8, 4) is 0 Å². The fourth-order valence-electron chi connectivity index (χ4n) is 3.32. The molecule has 0 amide bonds. The number of fused-ring (bicyclic) bond motifs is 1. The molecule has 0 spiro atoms. The van der Waals surface area contributed by atoms with Gasteiger partial charge in [0.05, 0.1) is 11.2 Å². The van der Waals surface area contributed by atoms with Gasteiger partial charge in [-0.05, 0) is 54.4 Å². The van der Waals surface area contributed by atoms with E-state index in [1.807, 2.05) is 36.7 Å². The normalized spacial score (nSPS) is 11.2. The van der Waals surface area contributed by atoms with Crippen LogP contribution in [0.2, 0.25) is 0 Å². The van der Waals surface area contributed by atoms with E-state index in [0.717, 1.165) is 29.7 Å². The van der Waals surface area contributed by atoms with Crippen molar-refractivity contribution in [1.29, 1.82) is 0 Å². The Morgan fingerprint density at radius 1 is 0.786 bits per heavy atom. The Morgan fingerprint density at radius 3 is 2.25 bits per heavy atom. The monoisotopic (exact) mass is 371 g/mol. The second-order valence-electron chi connectivity index (χ2n) is 7.13. The van der Waals surface area contributed by atoms with Crippen LogP contribution in [0, 0.1) is 12.7 Å². The topological polar surface area (TPSA) is 29.0 Å². The number of aromatic nitrogens is 2. The average Bonchev–Trinajstić information content (AvgIpc) is 2.70. The third kappa shape index (κ3) is 4.59. The highest BCUT2D eigenvalue weighted by atomic mass is 19.1. The molecule has 0 aliphatic carbocycles. The Morgan fingerprint density at radius 2 is 1.50 bits per heavy atom. The van der Waals surface area contributed by atoms with Crippen LogP contribution in [0.4, 0.5) is 4.39 Å². The van der Waals surface area contributed by atoms with E-state index in [-0.39, 0.29) is 5.82 Å². The summed E-state index contributed by atoms with van der Waals surface area (Å²) in [5, 5.41) is 0.822. The van der Waals surface area contributed by atoms with Gasteiger partial charge in [-0.2, -0.15) is 0 Å². The molecule has 4 rings (SSSR count). The van der Waals surface area contributed by atoms with Crippen LogP contribution in [0.25, 0.3) is 10.9 Å². The summed E-state index contributed by atoms with van der Waals surface area (Å²) in [5.74, 6) is -0.235. The van der Waals surface area contributed by atoms with Gasteiger partial charge in [-0.15, -0.1) is 0 Å². The lowest BCUT2D eigenvalue weighted by molar-refractivity contribution is 0.245. The standard InChI is InChI=1S/C24H22FN3/c1-18-2-4-19(5-3-18)15-28(16-20-10-12-26-13-11-20)17-23-8-6-21-14-22(25)7-9-24(21)27-23/h2-14H,15-17H2,1H3.